The molecule has 0 spiro atoms. The molecule has 0 aliphatic carbocycles. The SMILES string of the molecule is O=c1[nH]c(-c2ccco2)nc2c1CN(Cc1ccc(-c3cccc(C(F)(F)F)c3)s1)CC2. The number of H-pyrrole nitrogens is 1. The number of fused-ring (bicyclic) bond motifs is 1. The number of alkyl halides is 3. The first-order chi connectivity index (χ1) is 15.4. The van der Waals surface area contributed by atoms with Crippen molar-refractivity contribution < 1.29 is 17.6 Å². The summed E-state index contributed by atoms with van der Waals surface area (Å²) in [6.07, 6.45) is -2.20. The first-order valence-corrected chi connectivity index (χ1v) is 10.8. The van der Waals surface area contributed by atoms with Crippen LogP contribution in [0.4, 0.5) is 13.2 Å². The van der Waals surface area contributed by atoms with Crippen LogP contribution in [0.25, 0.3) is 22.0 Å². The Labute approximate surface area is 185 Å². The van der Waals surface area contributed by atoms with Crippen molar-refractivity contribution in [2.24, 2.45) is 0 Å². The second-order valence-corrected chi connectivity index (χ2v) is 8.79. The molecule has 0 saturated carbocycles. The molecular weight excluding hydrogens is 439 g/mol. The van der Waals surface area contributed by atoms with Gasteiger partial charge in [0, 0.05) is 35.8 Å². The summed E-state index contributed by atoms with van der Waals surface area (Å²) in [5, 5.41) is 0. The largest absolute Gasteiger partial charge is 0.461 e. The van der Waals surface area contributed by atoms with E-state index in [2.05, 4.69) is 14.9 Å². The maximum Gasteiger partial charge on any atom is 0.416 e. The predicted molar refractivity (Wildman–Crippen MR) is 115 cm³/mol. The fourth-order valence-corrected chi connectivity index (χ4v) is 4.88. The van der Waals surface area contributed by atoms with Crippen molar-refractivity contribution in [3.8, 4) is 22.0 Å². The molecule has 164 valence electrons. The number of nitrogens with zero attached hydrogens (tertiary/aromatic N) is 2. The lowest BCUT2D eigenvalue weighted by molar-refractivity contribution is -0.137. The molecule has 0 amide bonds. The molecule has 0 saturated heterocycles. The Bertz CT molecular complexity index is 1310. The molecule has 5 nitrogen and oxygen atoms in total. The van der Waals surface area contributed by atoms with Gasteiger partial charge >= 0.3 is 6.18 Å². The Hall–Kier alpha value is -3.17. The van der Waals surface area contributed by atoms with Crippen molar-refractivity contribution in [3.63, 3.8) is 0 Å². The zero-order valence-electron chi connectivity index (χ0n) is 16.8. The minimum absolute atomic E-state index is 0.179. The van der Waals surface area contributed by atoms with Gasteiger partial charge in [0.15, 0.2) is 11.6 Å². The molecule has 1 aliphatic heterocycles. The van der Waals surface area contributed by atoms with Gasteiger partial charge in [0.25, 0.3) is 5.56 Å². The molecule has 32 heavy (non-hydrogen) atoms. The van der Waals surface area contributed by atoms with Gasteiger partial charge in [-0.25, -0.2) is 4.98 Å². The first kappa shape index (κ1) is 20.7. The van der Waals surface area contributed by atoms with Gasteiger partial charge in [-0.1, -0.05) is 12.1 Å². The number of hydrogen-bond donors (Lipinski definition) is 1. The molecule has 0 fully saturated rings. The number of furan rings is 1. The highest BCUT2D eigenvalue weighted by atomic mass is 32.1. The quantitative estimate of drug-likeness (QED) is 0.450. The van der Waals surface area contributed by atoms with Gasteiger partial charge in [-0.15, -0.1) is 11.3 Å². The zero-order valence-corrected chi connectivity index (χ0v) is 17.6. The van der Waals surface area contributed by atoms with E-state index in [0.717, 1.165) is 28.1 Å². The monoisotopic (exact) mass is 457 g/mol. The van der Waals surface area contributed by atoms with Crippen LogP contribution in [0.15, 0.2) is 64.0 Å². The number of halogens is 3. The normalized spacial score (nSPS) is 14.5. The van der Waals surface area contributed by atoms with Crippen LogP contribution in [-0.4, -0.2) is 21.4 Å². The second kappa shape index (κ2) is 8.07. The van der Waals surface area contributed by atoms with Crippen molar-refractivity contribution in [1.29, 1.82) is 0 Å². The van der Waals surface area contributed by atoms with Crippen LogP contribution >= 0.6 is 11.3 Å². The summed E-state index contributed by atoms with van der Waals surface area (Å²) in [5.41, 5.74) is 1.12. The Kier molecular flexibility index (Phi) is 5.22. The average Bonchev–Trinajstić information content (AvgIpc) is 3.46. The van der Waals surface area contributed by atoms with Crippen molar-refractivity contribution in [2.75, 3.05) is 6.54 Å². The Morgan fingerprint density at radius 3 is 2.81 bits per heavy atom. The van der Waals surface area contributed by atoms with Crippen LogP contribution in [-0.2, 0) is 25.7 Å². The predicted octanol–water partition coefficient (Wildman–Crippen LogP) is 5.34. The molecule has 4 heterocycles. The van der Waals surface area contributed by atoms with Crippen molar-refractivity contribution in [1.82, 2.24) is 14.9 Å². The van der Waals surface area contributed by atoms with Crippen molar-refractivity contribution in [2.45, 2.75) is 25.7 Å². The molecule has 0 unspecified atom stereocenters. The number of benzene rings is 1. The summed E-state index contributed by atoms with van der Waals surface area (Å²) in [6.45, 7) is 1.81. The minimum atomic E-state index is -4.37. The van der Waals surface area contributed by atoms with Crippen LogP contribution in [0.1, 0.15) is 21.7 Å². The summed E-state index contributed by atoms with van der Waals surface area (Å²) in [6, 6.07) is 12.6. The molecule has 4 aromatic rings. The van der Waals surface area contributed by atoms with E-state index >= 15 is 0 Å². The highest BCUT2D eigenvalue weighted by Crippen LogP contribution is 2.35. The summed E-state index contributed by atoms with van der Waals surface area (Å²) in [4.78, 5) is 23.9. The van der Waals surface area contributed by atoms with Crippen LogP contribution in [0.3, 0.4) is 0 Å². The molecule has 1 aromatic carbocycles. The van der Waals surface area contributed by atoms with Crippen LogP contribution < -0.4 is 5.56 Å². The molecule has 1 N–H and O–H groups in total. The van der Waals surface area contributed by atoms with Gasteiger partial charge < -0.3 is 9.40 Å². The number of hydrogen-bond acceptors (Lipinski definition) is 5. The molecule has 3 aromatic heterocycles. The number of nitrogens with one attached hydrogen (secondary N) is 1. The standard InChI is InChI=1S/C23H18F3N3O2S/c24-23(25,26)15-4-1-3-14(11-15)20-7-6-16(32-20)12-29-9-8-18-17(13-29)22(30)28-21(27-18)19-5-2-10-31-19/h1-7,10-11H,8-9,12-13H2,(H,27,28,30). The smallest absolute Gasteiger partial charge is 0.416 e. The third-order valence-corrected chi connectivity index (χ3v) is 6.54. The molecule has 0 bridgehead atoms. The van der Waals surface area contributed by atoms with Gasteiger partial charge in [0.1, 0.15) is 0 Å². The average molecular weight is 457 g/mol. The lowest BCUT2D eigenvalue weighted by Gasteiger charge is -2.27. The fourth-order valence-electron chi connectivity index (χ4n) is 3.83. The fraction of sp³-hybridized carbons (Fsp3) is 0.217. The van der Waals surface area contributed by atoms with E-state index < -0.39 is 11.7 Å². The third-order valence-electron chi connectivity index (χ3n) is 5.42. The van der Waals surface area contributed by atoms with E-state index in [1.165, 1.54) is 29.7 Å². The van der Waals surface area contributed by atoms with E-state index in [9.17, 15) is 18.0 Å². The van der Waals surface area contributed by atoms with E-state index in [4.69, 9.17) is 4.42 Å². The number of aromatic amines is 1. The topological polar surface area (TPSA) is 62.1 Å². The number of thiophene rings is 1. The van der Waals surface area contributed by atoms with Crippen molar-refractivity contribution in [3.05, 3.63) is 86.8 Å². The van der Waals surface area contributed by atoms with Gasteiger partial charge in [-0.2, -0.15) is 13.2 Å². The van der Waals surface area contributed by atoms with Crippen molar-refractivity contribution >= 4 is 11.3 Å². The molecule has 1 aliphatic rings. The van der Waals surface area contributed by atoms with Gasteiger partial charge in [0.05, 0.1) is 23.1 Å². The molecule has 5 rings (SSSR count). The minimum Gasteiger partial charge on any atom is -0.461 e. The van der Waals surface area contributed by atoms with Gasteiger partial charge in [0.2, 0.25) is 0 Å². The van der Waals surface area contributed by atoms with Crippen LogP contribution in [0.2, 0.25) is 0 Å². The molecule has 9 heteroatoms. The molecule has 0 atom stereocenters. The summed E-state index contributed by atoms with van der Waals surface area (Å²) < 4.78 is 44.4. The highest BCUT2D eigenvalue weighted by molar-refractivity contribution is 7.15. The summed E-state index contributed by atoms with van der Waals surface area (Å²) in [5.74, 6) is 0.948. The summed E-state index contributed by atoms with van der Waals surface area (Å²) in [7, 11) is 0. The van der Waals surface area contributed by atoms with E-state index in [-0.39, 0.29) is 5.56 Å². The van der Waals surface area contributed by atoms with E-state index in [1.54, 1.807) is 18.2 Å². The zero-order chi connectivity index (χ0) is 22.3. The van der Waals surface area contributed by atoms with Crippen LogP contribution in [0, 0.1) is 0 Å². The second-order valence-electron chi connectivity index (χ2n) is 7.62. The third kappa shape index (κ3) is 4.13. The lowest BCUT2D eigenvalue weighted by atomic mass is 10.1. The number of aromatic nitrogens is 2. The lowest BCUT2D eigenvalue weighted by Crippen LogP contribution is -2.35. The maximum absolute atomic E-state index is 13.0. The molecule has 0 radical (unpaired) electrons. The Morgan fingerprint density at radius 2 is 2.03 bits per heavy atom. The van der Waals surface area contributed by atoms with E-state index in [0.29, 0.717) is 42.2 Å². The maximum atomic E-state index is 13.0. The van der Waals surface area contributed by atoms with E-state index in [1.807, 2.05) is 12.1 Å². The summed E-state index contributed by atoms with van der Waals surface area (Å²) >= 11 is 1.46. The Morgan fingerprint density at radius 1 is 1.16 bits per heavy atom. The van der Waals surface area contributed by atoms with Gasteiger partial charge in [-0.3, -0.25) is 9.69 Å². The number of rotatable bonds is 4. The Balaban J connectivity index is 1.32. The van der Waals surface area contributed by atoms with Crippen LogP contribution in [0.5, 0.6) is 0 Å². The highest BCUT2D eigenvalue weighted by Gasteiger charge is 2.30. The molecular formula is C23H18F3N3O2S. The first-order valence-electron chi connectivity index (χ1n) is 10.0. The van der Waals surface area contributed by atoms with Gasteiger partial charge in [-0.05, 0) is 42.0 Å².